The molecule has 0 aromatic heterocycles. The van der Waals surface area contributed by atoms with Crippen LogP contribution in [0.3, 0.4) is 0 Å². The number of nitrogens with one attached hydrogen (secondary N) is 1. The lowest BCUT2D eigenvalue weighted by Crippen LogP contribution is -2.48. The Bertz CT molecular complexity index is 327. The van der Waals surface area contributed by atoms with Crippen LogP contribution in [0, 0.1) is 0 Å². The molecule has 1 aliphatic carbocycles. The van der Waals surface area contributed by atoms with Gasteiger partial charge in [0.1, 0.15) is 0 Å². The summed E-state index contributed by atoms with van der Waals surface area (Å²) in [6, 6.07) is 2.16. The van der Waals surface area contributed by atoms with E-state index < -0.39 is 0 Å². The molecule has 3 rings (SSSR count). The fraction of sp³-hybridized carbons (Fsp3) is 0.933. The highest BCUT2D eigenvalue weighted by Crippen LogP contribution is 2.28. The number of nitrogens with zero attached hydrogens (tertiary/aromatic N) is 2. The average molecular weight is 281 g/mol. The monoisotopic (exact) mass is 281 g/mol. The Balaban J connectivity index is 1.55. The van der Waals surface area contributed by atoms with Crippen molar-refractivity contribution < 1.29 is 0 Å². The Hall–Kier alpha value is -0.350. The normalized spacial score (nSPS) is 33.2. The van der Waals surface area contributed by atoms with Crippen molar-refractivity contribution in [3.8, 4) is 0 Å². The molecule has 3 nitrogen and oxygen atoms in total. The minimum atomic E-state index is 0.638. The lowest BCUT2D eigenvalue weighted by molar-refractivity contribution is 0.245. The van der Waals surface area contributed by atoms with Gasteiger partial charge in [-0.05, 0) is 51.4 Å². The summed E-state index contributed by atoms with van der Waals surface area (Å²) in [5.41, 5.74) is 0. The number of likely N-dealkylation sites (tertiary alicyclic amines) is 1. The summed E-state index contributed by atoms with van der Waals surface area (Å²) in [6.45, 7) is 2.27. The van der Waals surface area contributed by atoms with Crippen LogP contribution < -0.4 is 5.32 Å². The van der Waals surface area contributed by atoms with E-state index in [1.54, 1.807) is 0 Å². The first-order valence-corrected chi connectivity index (χ1v) is 8.42. The quantitative estimate of drug-likeness (QED) is 0.744. The minimum absolute atomic E-state index is 0.638. The maximum atomic E-state index is 5.67. The predicted octanol–water partition coefficient (Wildman–Crippen LogP) is 2.36. The Morgan fingerprint density at radius 3 is 2.53 bits per heavy atom. The van der Waals surface area contributed by atoms with Gasteiger partial charge >= 0.3 is 0 Å². The molecule has 2 heterocycles. The Morgan fingerprint density at radius 1 is 1.00 bits per heavy atom. The average Bonchev–Trinajstić information content (AvgIpc) is 2.64. The number of thiocarbonyl (C=S) groups is 1. The third-order valence-electron chi connectivity index (χ3n) is 5.37. The summed E-state index contributed by atoms with van der Waals surface area (Å²) in [5.74, 6) is 0. The van der Waals surface area contributed by atoms with Crippen molar-refractivity contribution >= 4 is 17.3 Å². The molecule has 3 fully saturated rings. The van der Waals surface area contributed by atoms with Crippen molar-refractivity contribution in [1.82, 2.24) is 15.1 Å². The van der Waals surface area contributed by atoms with Gasteiger partial charge in [0.2, 0.25) is 0 Å². The second-order valence-electron chi connectivity index (χ2n) is 6.57. The van der Waals surface area contributed by atoms with E-state index in [4.69, 9.17) is 12.2 Å². The molecule has 0 aromatic carbocycles. The highest BCUT2D eigenvalue weighted by atomic mass is 32.1. The number of rotatable bonds is 1. The van der Waals surface area contributed by atoms with Gasteiger partial charge in [-0.15, -0.1) is 0 Å². The smallest absolute Gasteiger partial charge is 0.169 e. The summed E-state index contributed by atoms with van der Waals surface area (Å²) >= 11 is 5.67. The van der Waals surface area contributed by atoms with Gasteiger partial charge in [-0.3, -0.25) is 4.90 Å². The van der Waals surface area contributed by atoms with E-state index in [1.165, 1.54) is 51.4 Å². The van der Waals surface area contributed by atoms with Crippen molar-refractivity contribution in [2.45, 2.75) is 69.5 Å². The second kappa shape index (κ2) is 5.96. The molecular formula is C15H27N3S. The van der Waals surface area contributed by atoms with Crippen molar-refractivity contribution in [2.24, 2.45) is 0 Å². The van der Waals surface area contributed by atoms with E-state index in [0.29, 0.717) is 6.04 Å². The highest BCUT2D eigenvalue weighted by Gasteiger charge is 2.35. The molecule has 1 N–H and O–H groups in total. The SMILES string of the molecule is CN1C2CCC1CN(C(=S)NC1CCCCC1)CC2. The van der Waals surface area contributed by atoms with E-state index in [0.717, 1.165) is 30.3 Å². The van der Waals surface area contributed by atoms with Gasteiger partial charge < -0.3 is 10.2 Å². The maximum Gasteiger partial charge on any atom is 0.169 e. The second-order valence-corrected chi connectivity index (χ2v) is 6.96. The molecule has 0 amide bonds. The fourth-order valence-corrected chi connectivity index (χ4v) is 4.34. The molecule has 2 saturated heterocycles. The third-order valence-corrected chi connectivity index (χ3v) is 5.74. The van der Waals surface area contributed by atoms with Crippen LogP contribution in [0.2, 0.25) is 0 Å². The van der Waals surface area contributed by atoms with E-state index in [9.17, 15) is 0 Å². The molecule has 3 aliphatic rings. The zero-order valence-electron chi connectivity index (χ0n) is 12.1. The molecular weight excluding hydrogens is 254 g/mol. The van der Waals surface area contributed by atoms with E-state index in [2.05, 4.69) is 22.2 Å². The fourth-order valence-electron chi connectivity index (χ4n) is 4.01. The van der Waals surface area contributed by atoms with Crippen LogP contribution in [-0.2, 0) is 0 Å². The molecule has 0 radical (unpaired) electrons. The molecule has 108 valence electrons. The lowest BCUT2D eigenvalue weighted by atomic mass is 9.96. The van der Waals surface area contributed by atoms with Gasteiger partial charge in [0.15, 0.2) is 5.11 Å². The molecule has 19 heavy (non-hydrogen) atoms. The van der Waals surface area contributed by atoms with Crippen molar-refractivity contribution in [2.75, 3.05) is 20.1 Å². The van der Waals surface area contributed by atoms with Crippen LogP contribution in [0.15, 0.2) is 0 Å². The molecule has 1 saturated carbocycles. The van der Waals surface area contributed by atoms with Crippen LogP contribution in [0.4, 0.5) is 0 Å². The van der Waals surface area contributed by atoms with Crippen molar-refractivity contribution in [3.05, 3.63) is 0 Å². The molecule has 4 heteroatoms. The zero-order valence-corrected chi connectivity index (χ0v) is 12.9. The van der Waals surface area contributed by atoms with Crippen LogP contribution in [0.5, 0.6) is 0 Å². The molecule has 2 bridgehead atoms. The number of likely N-dealkylation sites (N-methyl/N-ethyl adjacent to an activating group) is 1. The molecule has 0 spiro atoms. The summed E-state index contributed by atoms with van der Waals surface area (Å²) in [7, 11) is 2.30. The molecule has 2 aliphatic heterocycles. The molecule has 0 aromatic rings. The van der Waals surface area contributed by atoms with Crippen LogP contribution in [0.1, 0.15) is 51.4 Å². The van der Waals surface area contributed by atoms with Gasteiger partial charge in [-0.2, -0.15) is 0 Å². The standard InChI is InChI=1S/C15H27N3S/c1-17-13-7-8-14(17)11-18(10-9-13)15(19)16-12-5-3-2-4-6-12/h12-14H,2-11H2,1H3,(H,16,19). The summed E-state index contributed by atoms with van der Waals surface area (Å²) in [6.07, 6.45) is 10.8. The third kappa shape index (κ3) is 3.05. The first-order valence-electron chi connectivity index (χ1n) is 8.01. The van der Waals surface area contributed by atoms with Gasteiger partial charge in [0.25, 0.3) is 0 Å². The Kier molecular flexibility index (Phi) is 4.27. The van der Waals surface area contributed by atoms with E-state index in [1.807, 2.05) is 0 Å². The van der Waals surface area contributed by atoms with E-state index in [-0.39, 0.29) is 0 Å². The Labute approximate surface area is 122 Å². The minimum Gasteiger partial charge on any atom is -0.360 e. The first-order chi connectivity index (χ1) is 9.24. The van der Waals surface area contributed by atoms with Gasteiger partial charge in [-0.25, -0.2) is 0 Å². The first kappa shape index (κ1) is 13.6. The summed E-state index contributed by atoms with van der Waals surface area (Å²) in [4.78, 5) is 5.02. The maximum absolute atomic E-state index is 5.67. The summed E-state index contributed by atoms with van der Waals surface area (Å²) < 4.78 is 0. The predicted molar refractivity (Wildman–Crippen MR) is 83.4 cm³/mol. The number of hydrogen-bond donors (Lipinski definition) is 1. The van der Waals surface area contributed by atoms with Gasteiger partial charge in [0, 0.05) is 31.2 Å². The van der Waals surface area contributed by atoms with Crippen LogP contribution in [-0.4, -0.2) is 53.2 Å². The van der Waals surface area contributed by atoms with Crippen LogP contribution in [0.25, 0.3) is 0 Å². The summed E-state index contributed by atoms with van der Waals surface area (Å²) in [5, 5.41) is 4.65. The molecule has 2 atom stereocenters. The van der Waals surface area contributed by atoms with Crippen LogP contribution >= 0.6 is 12.2 Å². The molecule has 2 unspecified atom stereocenters. The largest absolute Gasteiger partial charge is 0.360 e. The Morgan fingerprint density at radius 2 is 1.74 bits per heavy atom. The lowest BCUT2D eigenvalue weighted by Gasteiger charge is -2.32. The highest BCUT2D eigenvalue weighted by molar-refractivity contribution is 7.80. The van der Waals surface area contributed by atoms with Crippen molar-refractivity contribution in [3.63, 3.8) is 0 Å². The van der Waals surface area contributed by atoms with E-state index >= 15 is 0 Å². The topological polar surface area (TPSA) is 18.5 Å². The number of fused-ring (bicyclic) bond motifs is 2. The van der Waals surface area contributed by atoms with Crippen molar-refractivity contribution in [1.29, 1.82) is 0 Å². The van der Waals surface area contributed by atoms with Gasteiger partial charge in [0.05, 0.1) is 0 Å². The zero-order chi connectivity index (χ0) is 13.2. The number of hydrogen-bond acceptors (Lipinski definition) is 2. The van der Waals surface area contributed by atoms with Gasteiger partial charge in [-0.1, -0.05) is 19.3 Å².